The minimum absolute atomic E-state index is 0.0660. The first-order chi connectivity index (χ1) is 17.1. The lowest BCUT2D eigenvalue weighted by Gasteiger charge is -2.29. The second-order valence-electron chi connectivity index (χ2n) is 8.28. The first-order valence-electron chi connectivity index (χ1n) is 12.0. The highest BCUT2D eigenvalue weighted by molar-refractivity contribution is 7.92. The molecule has 2 aromatic carbocycles. The van der Waals surface area contributed by atoms with Gasteiger partial charge < -0.3 is 19.7 Å². The lowest BCUT2D eigenvalue weighted by atomic mass is 10.1. The molecule has 10 heteroatoms. The largest absolute Gasteiger partial charge is 0.497 e. The molecular weight excluding hydrogens is 482 g/mol. The van der Waals surface area contributed by atoms with Gasteiger partial charge in [-0.25, -0.2) is 8.42 Å². The molecule has 0 saturated heterocycles. The van der Waals surface area contributed by atoms with Gasteiger partial charge >= 0.3 is 0 Å². The third kappa shape index (κ3) is 8.15. The molecule has 36 heavy (non-hydrogen) atoms. The fourth-order valence-corrected chi connectivity index (χ4v) is 4.76. The highest BCUT2D eigenvalue weighted by Crippen LogP contribution is 2.30. The van der Waals surface area contributed by atoms with Crippen LogP contribution in [0.1, 0.15) is 39.2 Å². The van der Waals surface area contributed by atoms with Crippen molar-refractivity contribution in [2.24, 2.45) is 0 Å². The zero-order valence-corrected chi connectivity index (χ0v) is 22.5. The van der Waals surface area contributed by atoms with Crippen molar-refractivity contribution in [1.29, 1.82) is 0 Å². The number of likely N-dealkylation sites (N-methyl/N-ethyl adjacent to an activating group) is 1. The number of anilines is 1. The van der Waals surface area contributed by atoms with Crippen molar-refractivity contribution in [2.45, 2.75) is 46.2 Å². The van der Waals surface area contributed by atoms with E-state index in [1.54, 1.807) is 38.3 Å². The van der Waals surface area contributed by atoms with Crippen LogP contribution in [0.25, 0.3) is 0 Å². The molecule has 0 aromatic heterocycles. The van der Waals surface area contributed by atoms with E-state index in [9.17, 15) is 18.0 Å². The normalized spacial score (nSPS) is 11.9. The van der Waals surface area contributed by atoms with E-state index in [1.165, 1.54) is 9.21 Å². The van der Waals surface area contributed by atoms with Crippen LogP contribution < -0.4 is 19.1 Å². The standard InChI is InChI=1S/C26H37N3O6S/c1-6-27-26(31)20(3)28(19-21-12-10-13-22(18-21)34-4)25(30)16-11-17-29(36(5,32)33)23-14-8-9-15-24(23)35-7-2/h8-10,12-15,18,20H,6-7,11,16-17,19H2,1-5H3,(H,27,31)/t20-/m1/s1. The highest BCUT2D eigenvalue weighted by atomic mass is 32.2. The number of sulfonamides is 1. The van der Waals surface area contributed by atoms with Gasteiger partial charge in [-0.1, -0.05) is 24.3 Å². The number of para-hydroxylation sites is 2. The number of benzene rings is 2. The minimum atomic E-state index is -3.62. The van der Waals surface area contributed by atoms with Crippen LogP contribution in [-0.2, 0) is 26.2 Å². The quantitative estimate of drug-likeness (QED) is 0.411. The van der Waals surface area contributed by atoms with Crippen LogP contribution in [0.3, 0.4) is 0 Å². The van der Waals surface area contributed by atoms with Gasteiger partial charge in [-0.2, -0.15) is 0 Å². The number of hydrogen-bond donors (Lipinski definition) is 1. The third-order valence-electron chi connectivity index (χ3n) is 5.59. The number of carbonyl (C=O) groups excluding carboxylic acids is 2. The number of nitrogens with zero attached hydrogens (tertiary/aromatic N) is 2. The number of rotatable bonds is 14. The van der Waals surface area contributed by atoms with Crippen molar-refractivity contribution in [3.05, 3.63) is 54.1 Å². The summed E-state index contributed by atoms with van der Waals surface area (Å²) in [7, 11) is -2.05. The van der Waals surface area contributed by atoms with Crippen LogP contribution in [0.4, 0.5) is 5.69 Å². The maximum absolute atomic E-state index is 13.3. The molecule has 1 atom stereocenters. The van der Waals surface area contributed by atoms with Gasteiger partial charge in [0.25, 0.3) is 0 Å². The minimum Gasteiger partial charge on any atom is -0.497 e. The van der Waals surface area contributed by atoms with Gasteiger partial charge in [-0.05, 0) is 57.0 Å². The fourth-order valence-electron chi connectivity index (χ4n) is 3.80. The van der Waals surface area contributed by atoms with Gasteiger partial charge in [-0.3, -0.25) is 13.9 Å². The van der Waals surface area contributed by atoms with Gasteiger partial charge in [0.1, 0.15) is 17.5 Å². The molecule has 2 amide bonds. The molecule has 198 valence electrons. The molecule has 0 aliphatic rings. The molecule has 0 unspecified atom stereocenters. The van der Waals surface area contributed by atoms with E-state index in [-0.39, 0.29) is 37.7 Å². The summed E-state index contributed by atoms with van der Waals surface area (Å²) < 4.78 is 37.3. The summed E-state index contributed by atoms with van der Waals surface area (Å²) in [6.07, 6.45) is 1.46. The summed E-state index contributed by atoms with van der Waals surface area (Å²) in [6, 6.07) is 13.5. The molecule has 0 radical (unpaired) electrons. The summed E-state index contributed by atoms with van der Waals surface area (Å²) in [5.41, 5.74) is 1.25. The van der Waals surface area contributed by atoms with Crippen LogP contribution >= 0.6 is 0 Å². The number of carbonyl (C=O) groups is 2. The molecule has 0 aliphatic heterocycles. The predicted octanol–water partition coefficient (Wildman–Crippen LogP) is 3.19. The number of methoxy groups -OCH3 is 1. The average molecular weight is 520 g/mol. The summed E-state index contributed by atoms with van der Waals surface area (Å²) in [6.45, 7) is 6.49. The molecule has 2 rings (SSSR count). The molecule has 0 aliphatic carbocycles. The summed E-state index contributed by atoms with van der Waals surface area (Å²) in [5, 5.41) is 2.76. The molecule has 0 fully saturated rings. The Morgan fingerprint density at radius 1 is 1.08 bits per heavy atom. The van der Waals surface area contributed by atoms with Gasteiger partial charge in [-0.15, -0.1) is 0 Å². The Morgan fingerprint density at radius 2 is 1.81 bits per heavy atom. The zero-order chi connectivity index (χ0) is 26.7. The topological polar surface area (TPSA) is 105 Å². The van der Waals surface area contributed by atoms with Crippen LogP contribution in [0.5, 0.6) is 11.5 Å². The van der Waals surface area contributed by atoms with Gasteiger partial charge in [0.2, 0.25) is 21.8 Å². The SMILES string of the molecule is CCNC(=O)[C@@H](C)N(Cc1cccc(OC)c1)C(=O)CCCN(c1ccccc1OCC)S(C)(=O)=O. The van der Waals surface area contributed by atoms with E-state index in [1.807, 2.05) is 38.1 Å². The summed E-state index contributed by atoms with van der Waals surface area (Å²) in [5.74, 6) is 0.615. The Kier molecular flexibility index (Phi) is 11.0. The molecule has 2 aromatic rings. The molecule has 9 nitrogen and oxygen atoms in total. The van der Waals surface area contributed by atoms with Crippen LogP contribution in [0, 0.1) is 0 Å². The monoisotopic (exact) mass is 519 g/mol. The van der Waals surface area contributed by atoms with Gasteiger partial charge in [0.15, 0.2) is 0 Å². The first-order valence-corrected chi connectivity index (χ1v) is 13.9. The van der Waals surface area contributed by atoms with Gasteiger partial charge in [0, 0.05) is 26.1 Å². The third-order valence-corrected chi connectivity index (χ3v) is 6.77. The molecule has 0 bridgehead atoms. The summed E-state index contributed by atoms with van der Waals surface area (Å²) in [4.78, 5) is 27.4. The summed E-state index contributed by atoms with van der Waals surface area (Å²) >= 11 is 0. The van der Waals surface area contributed by atoms with E-state index < -0.39 is 16.1 Å². The van der Waals surface area contributed by atoms with E-state index in [0.29, 0.717) is 30.3 Å². The van der Waals surface area contributed by atoms with E-state index in [2.05, 4.69) is 5.32 Å². The Bertz CT molecular complexity index is 1120. The number of nitrogens with one attached hydrogen (secondary N) is 1. The Morgan fingerprint density at radius 3 is 2.44 bits per heavy atom. The van der Waals surface area contributed by atoms with E-state index in [4.69, 9.17) is 9.47 Å². The smallest absolute Gasteiger partial charge is 0.242 e. The Hall–Kier alpha value is -3.27. The van der Waals surface area contributed by atoms with Crippen molar-refractivity contribution in [2.75, 3.05) is 37.4 Å². The molecule has 0 spiro atoms. The van der Waals surface area contributed by atoms with Crippen LogP contribution in [0.2, 0.25) is 0 Å². The average Bonchev–Trinajstić information content (AvgIpc) is 2.85. The predicted molar refractivity (Wildman–Crippen MR) is 141 cm³/mol. The molecule has 1 N–H and O–H groups in total. The van der Waals surface area contributed by atoms with Crippen molar-refractivity contribution in [3.8, 4) is 11.5 Å². The lowest BCUT2D eigenvalue weighted by molar-refractivity contribution is -0.140. The van der Waals surface area contributed by atoms with Crippen molar-refractivity contribution in [1.82, 2.24) is 10.2 Å². The number of ether oxygens (including phenoxy) is 2. The van der Waals surface area contributed by atoms with E-state index in [0.717, 1.165) is 11.8 Å². The maximum Gasteiger partial charge on any atom is 0.242 e. The van der Waals surface area contributed by atoms with Crippen molar-refractivity contribution >= 4 is 27.5 Å². The first kappa shape index (κ1) is 29.0. The van der Waals surface area contributed by atoms with Crippen molar-refractivity contribution < 1.29 is 27.5 Å². The molecular formula is C26H37N3O6S. The van der Waals surface area contributed by atoms with Crippen LogP contribution in [-0.4, -0.2) is 64.2 Å². The Balaban J connectivity index is 2.21. The van der Waals surface area contributed by atoms with Crippen molar-refractivity contribution in [3.63, 3.8) is 0 Å². The van der Waals surface area contributed by atoms with Crippen LogP contribution in [0.15, 0.2) is 48.5 Å². The molecule has 0 heterocycles. The maximum atomic E-state index is 13.3. The molecule has 0 saturated carbocycles. The fraction of sp³-hybridized carbons (Fsp3) is 0.462. The van der Waals surface area contributed by atoms with E-state index >= 15 is 0 Å². The second kappa shape index (κ2) is 13.7. The second-order valence-corrected chi connectivity index (χ2v) is 10.2. The number of hydrogen-bond acceptors (Lipinski definition) is 6. The lowest BCUT2D eigenvalue weighted by Crippen LogP contribution is -2.47. The highest BCUT2D eigenvalue weighted by Gasteiger charge is 2.27. The van der Waals surface area contributed by atoms with Gasteiger partial charge in [0.05, 0.1) is 25.7 Å². The zero-order valence-electron chi connectivity index (χ0n) is 21.7. The Labute approximate surface area is 214 Å². The number of amides is 2.